The summed E-state index contributed by atoms with van der Waals surface area (Å²) < 4.78 is 53.9. The van der Waals surface area contributed by atoms with Gasteiger partial charge in [0.2, 0.25) is 10.0 Å². The molecule has 0 bridgehead atoms. The van der Waals surface area contributed by atoms with E-state index >= 15 is 0 Å². The van der Waals surface area contributed by atoms with Crippen LogP contribution in [-0.2, 0) is 10.0 Å². The molecule has 0 radical (unpaired) electrons. The minimum atomic E-state index is -4.03. The smallest absolute Gasteiger partial charge is 0.246 e. The molecule has 1 fully saturated rings. The maximum Gasteiger partial charge on any atom is 0.246 e. The standard InChI is InChI=1S/C14H20F2N2O2S.ClH/c1-2-9-18(12-5-7-17-8-6-12)21(19,20)14-10-11(15)3-4-13(14)16;/h3-4,10,12,17H,2,5-9H2,1H3;1H. The molecule has 0 atom stereocenters. The zero-order chi connectivity index (χ0) is 15.5. The molecule has 1 N–H and O–H groups in total. The molecule has 8 heteroatoms. The second-order valence-corrected chi connectivity index (χ2v) is 7.03. The molecule has 0 saturated carbocycles. The lowest BCUT2D eigenvalue weighted by atomic mass is 10.1. The van der Waals surface area contributed by atoms with Crippen LogP contribution >= 0.6 is 12.4 Å². The third-order valence-corrected chi connectivity index (χ3v) is 5.61. The third kappa shape index (κ3) is 4.16. The van der Waals surface area contributed by atoms with E-state index in [0.29, 0.717) is 25.8 Å². The Morgan fingerprint density at radius 2 is 1.91 bits per heavy atom. The minimum Gasteiger partial charge on any atom is -0.317 e. The van der Waals surface area contributed by atoms with Crippen molar-refractivity contribution in [3.63, 3.8) is 0 Å². The number of rotatable bonds is 5. The molecule has 22 heavy (non-hydrogen) atoms. The molecule has 1 aliphatic rings. The van der Waals surface area contributed by atoms with Crippen LogP contribution < -0.4 is 5.32 Å². The van der Waals surface area contributed by atoms with Crippen molar-refractivity contribution in [1.29, 1.82) is 0 Å². The Morgan fingerprint density at radius 1 is 1.27 bits per heavy atom. The van der Waals surface area contributed by atoms with Gasteiger partial charge in [-0.25, -0.2) is 17.2 Å². The predicted molar refractivity (Wildman–Crippen MR) is 83.7 cm³/mol. The molecule has 4 nitrogen and oxygen atoms in total. The van der Waals surface area contributed by atoms with E-state index < -0.39 is 26.6 Å². The molecule has 1 heterocycles. The molecular formula is C14H21ClF2N2O2S. The van der Waals surface area contributed by atoms with Gasteiger partial charge in [0.05, 0.1) is 0 Å². The van der Waals surface area contributed by atoms with E-state index in [9.17, 15) is 17.2 Å². The summed E-state index contributed by atoms with van der Waals surface area (Å²) in [6.07, 6.45) is 1.98. The van der Waals surface area contributed by atoms with Gasteiger partial charge in [-0.15, -0.1) is 12.4 Å². The topological polar surface area (TPSA) is 49.4 Å². The van der Waals surface area contributed by atoms with E-state index in [1.54, 1.807) is 0 Å². The van der Waals surface area contributed by atoms with Crippen molar-refractivity contribution in [1.82, 2.24) is 9.62 Å². The lowest BCUT2D eigenvalue weighted by Crippen LogP contribution is -2.46. The number of sulfonamides is 1. The highest BCUT2D eigenvalue weighted by Crippen LogP contribution is 2.25. The predicted octanol–water partition coefficient (Wildman–Crippen LogP) is 2.54. The summed E-state index contributed by atoms with van der Waals surface area (Å²) >= 11 is 0. The van der Waals surface area contributed by atoms with Crippen LogP contribution in [0.25, 0.3) is 0 Å². The quantitative estimate of drug-likeness (QED) is 0.884. The highest BCUT2D eigenvalue weighted by Gasteiger charge is 2.33. The SMILES string of the molecule is CCCN(C1CCNCC1)S(=O)(=O)c1cc(F)ccc1F.Cl. The molecule has 0 aliphatic carbocycles. The average molecular weight is 355 g/mol. The Labute approximate surface area is 136 Å². The molecule has 0 spiro atoms. The monoisotopic (exact) mass is 354 g/mol. The molecular weight excluding hydrogens is 334 g/mol. The Kier molecular flexibility index (Phi) is 7.18. The highest BCUT2D eigenvalue weighted by atomic mass is 35.5. The average Bonchev–Trinajstić information content (AvgIpc) is 2.48. The summed E-state index contributed by atoms with van der Waals surface area (Å²) in [5, 5.41) is 3.17. The van der Waals surface area contributed by atoms with Crippen LogP contribution in [0.4, 0.5) is 8.78 Å². The Balaban J connectivity index is 0.00000242. The lowest BCUT2D eigenvalue weighted by molar-refractivity contribution is 0.261. The number of hydrogen-bond acceptors (Lipinski definition) is 3. The van der Waals surface area contributed by atoms with Crippen molar-refractivity contribution in [2.75, 3.05) is 19.6 Å². The number of hydrogen-bond donors (Lipinski definition) is 1. The summed E-state index contributed by atoms with van der Waals surface area (Å²) in [5.41, 5.74) is 0. The Hall–Kier alpha value is -0.760. The van der Waals surface area contributed by atoms with Gasteiger partial charge in [-0.3, -0.25) is 0 Å². The number of nitrogens with one attached hydrogen (secondary N) is 1. The van der Waals surface area contributed by atoms with Gasteiger partial charge in [0.25, 0.3) is 0 Å². The maximum atomic E-state index is 13.8. The van der Waals surface area contributed by atoms with Crippen molar-refractivity contribution in [3.8, 4) is 0 Å². The molecule has 2 rings (SSSR count). The van der Waals surface area contributed by atoms with Crippen molar-refractivity contribution in [3.05, 3.63) is 29.8 Å². The van der Waals surface area contributed by atoms with Crippen molar-refractivity contribution in [2.45, 2.75) is 37.1 Å². The number of piperidine rings is 1. The fourth-order valence-electron chi connectivity index (χ4n) is 2.62. The molecule has 0 amide bonds. The first-order chi connectivity index (χ1) is 9.96. The van der Waals surface area contributed by atoms with Gasteiger partial charge in [0.15, 0.2) is 0 Å². The van der Waals surface area contributed by atoms with Crippen molar-refractivity contribution >= 4 is 22.4 Å². The van der Waals surface area contributed by atoms with Crippen LogP contribution in [0.3, 0.4) is 0 Å². The summed E-state index contributed by atoms with van der Waals surface area (Å²) in [6.45, 7) is 3.63. The summed E-state index contributed by atoms with van der Waals surface area (Å²) in [6, 6.07) is 2.37. The number of nitrogens with zero attached hydrogens (tertiary/aromatic N) is 1. The molecule has 1 aromatic carbocycles. The molecule has 1 saturated heterocycles. The van der Waals surface area contributed by atoms with Gasteiger partial charge in [-0.05, 0) is 50.6 Å². The van der Waals surface area contributed by atoms with E-state index in [4.69, 9.17) is 0 Å². The minimum absolute atomic E-state index is 0. The molecule has 0 aromatic heterocycles. The van der Waals surface area contributed by atoms with E-state index in [1.165, 1.54) is 4.31 Å². The Morgan fingerprint density at radius 3 is 2.50 bits per heavy atom. The maximum absolute atomic E-state index is 13.8. The van der Waals surface area contributed by atoms with Crippen LogP contribution in [0.15, 0.2) is 23.1 Å². The molecule has 1 aliphatic heterocycles. The van der Waals surface area contributed by atoms with Gasteiger partial charge in [-0.1, -0.05) is 6.92 Å². The zero-order valence-electron chi connectivity index (χ0n) is 12.4. The second-order valence-electron chi connectivity index (χ2n) is 5.17. The van der Waals surface area contributed by atoms with Crippen LogP contribution in [-0.4, -0.2) is 38.4 Å². The van der Waals surface area contributed by atoms with Crippen LogP contribution in [0, 0.1) is 11.6 Å². The van der Waals surface area contributed by atoms with Crippen LogP contribution in [0.1, 0.15) is 26.2 Å². The van der Waals surface area contributed by atoms with E-state index in [-0.39, 0.29) is 18.4 Å². The van der Waals surface area contributed by atoms with Gasteiger partial charge >= 0.3 is 0 Å². The largest absolute Gasteiger partial charge is 0.317 e. The second kappa shape index (κ2) is 8.19. The Bertz CT molecular complexity index is 593. The van der Waals surface area contributed by atoms with Gasteiger partial charge in [-0.2, -0.15) is 4.31 Å². The molecule has 126 valence electrons. The van der Waals surface area contributed by atoms with Gasteiger partial charge in [0.1, 0.15) is 16.5 Å². The van der Waals surface area contributed by atoms with Gasteiger partial charge in [0, 0.05) is 12.6 Å². The van der Waals surface area contributed by atoms with Gasteiger partial charge < -0.3 is 5.32 Å². The fraction of sp³-hybridized carbons (Fsp3) is 0.571. The molecule has 0 unspecified atom stereocenters. The first-order valence-electron chi connectivity index (χ1n) is 7.14. The van der Waals surface area contributed by atoms with E-state index in [0.717, 1.165) is 31.3 Å². The normalized spacial score (nSPS) is 16.5. The lowest BCUT2D eigenvalue weighted by Gasteiger charge is -2.33. The fourth-order valence-corrected chi connectivity index (χ4v) is 4.47. The van der Waals surface area contributed by atoms with Crippen LogP contribution in [0.2, 0.25) is 0 Å². The van der Waals surface area contributed by atoms with E-state index in [2.05, 4.69) is 5.32 Å². The highest BCUT2D eigenvalue weighted by molar-refractivity contribution is 7.89. The summed E-state index contributed by atoms with van der Waals surface area (Å²) in [4.78, 5) is -0.575. The number of benzene rings is 1. The first kappa shape index (κ1) is 19.3. The summed E-state index contributed by atoms with van der Waals surface area (Å²) in [5.74, 6) is -1.66. The van der Waals surface area contributed by atoms with E-state index in [1.807, 2.05) is 6.92 Å². The molecule has 1 aromatic rings. The third-order valence-electron chi connectivity index (χ3n) is 3.64. The van der Waals surface area contributed by atoms with Crippen molar-refractivity contribution in [2.24, 2.45) is 0 Å². The number of halogens is 3. The zero-order valence-corrected chi connectivity index (χ0v) is 14.0. The first-order valence-corrected chi connectivity index (χ1v) is 8.58. The van der Waals surface area contributed by atoms with Crippen molar-refractivity contribution < 1.29 is 17.2 Å². The van der Waals surface area contributed by atoms with Crippen LogP contribution in [0.5, 0.6) is 0 Å². The summed E-state index contributed by atoms with van der Waals surface area (Å²) in [7, 11) is -4.03.